The van der Waals surface area contributed by atoms with E-state index in [-0.39, 0.29) is 5.91 Å². The largest absolute Gasteiger partial charge is 0.354 e. The van der Waals surface area contributed by atoms with Gasteiger partial charge in [-0.25, -0.2) is 9.97 Å². The normalized spacial score (nSPS) is 18.0. The molecule has 2 aliphatic rings. The molecule has 2 fully saturated rings. The van der Waals surface area contributed by atoms with Gasteiger partial charge in [0.15, 0.2) is 5.16 Å². The third-order valence-electron chi connectivity index (χ3n) is 6.48. The lowest BCUT2D eigenvalue weighted by atomic mass is 10.1. The minimum atomic E-state index is 0.121. The van der Waals surface area contributed by atoms with Crippen LogP contribution in [0.2, 0.25) is 5.15 Å². The molecule has 2 saturated heterocycles. The fourth-order valence-electron chi connectivity index (χ4n) is 4.25. The molecule has 1 aromatic heterocycles. The molecule has 178 valence electrons. The third-order valence-corrected chi connectivity index (χ3v) is 7.59. The predicted molar refractivity (Wildman–Crippen MR) is 135 cm³/mol. The Balaban J connectivity index is 1.33. The van der Waals surface area contributed by atoms with Crippen molar-refractivity contribution in [2.45, 2.75) is 24.8 Å². The van der Waals surface area contributed by atoms with E-state index >= 15 is 0 Å². The van der Waals surface area contributed by atoms with E-state index in [1.54, 1.807) is 11.8 Å². The van der Waals surface area contributed by atoms with Crippen LogP contribution < -0.4 is 4.90 Å². The zero-order chi connectivity index (χ0) is 23.2. The monoisotopic (exact) mass is 488 g/mol. The Labute approximate surface area is 206 Å². The summed E-state index contributed by atoms with van der Waals surface area (Å²) < 4.78 is 0. The molecule has 7 nitrogen and oxygen atoms in total. The molecule has 0 N–H and O–H groups in total. The van der Waals surface area contributed by atoms with Gasteiger partial charge in [-0.1, -0.05) is 49.3 Å². The zero-order valence-corrected chi connectivity index (χ0v) is 21.1. The second kappa shape index (κ2) is 11.5. The van der Waals surface area contributed by atoms with E-state index in [2.05, 4.69) is 33.5 Å². The van der Waals surface area contributed by atoms with E-state index in [1.165, 1.54) is 0 Å². The molecule has 0 bridgehead atoms. The Morgan fingerprint density at radius 2 is 1.52 bits per heavy atom. The van der Waals surface area contributed by atoms with E-state index in [1.807, 2.05) is 35.2 Å². The Morgan fingerprint density at radius 3 is 2.12 bits per heavy atom. The molecule has 0 aliphatic carbocycles. The van der Waals surface area contributed by atoms with Crippen molar-refractivity contribution in [1.82, 2.24) is 24.7 Å². The van der Waals surface area contributed by atoms with Crippen molar-refractivity contribution < 1.29 is 4.79 Å². The zero-order valence-electron chi connectivity index (χ0n) is 19.5. The topological polar surface area (TPSA) is 55.8 Å². The highest BCUT2D eigenvalue weighted by Gasteiger charge is 2.21. The number of aromatic nitrogens is 2. The average molecular weight is 489 g/mol. The van der Waals surface area contributed by atoms with Crippen LogP contribution in [0.4, 0.5) is 5.82 Å². The molecule has 0 saturated carbocycles. The molecule has 0 atom stereocenters. The number of carbonyl (C=O) groups excluding carboxylic acids is 1. The van der Waals surface area contributed by atoms with Gasteiger partial charge >= 0.3 is 0 Å². The lowest BCUT2D eigenvalue weighted by molar-refractivity contribution is 0.0643. The van der Waals surface area contributed by atoms with Crippen molar-refractivity contribution >= 4 is 35.1 Å². The molecular weight excluding hydrogens is 456 g/mol. The van der Waals surface area contributed by atoms with Crippen LogP contribution in [0.15, 0.2) is 35.5 Å². The summed E-state index contributed by atoms with van der Waals surface area (Å²) in [5.41, 5.74) is 1.88. The number of benzene rings is 1. The second-order valence-electron chi connectivity index (χ2n) is 8.46. The summed E-state index contributed by atoms with van der Waals surface area (Å²) in [6.45, 7) is 14.0. The molecule has 4 rings (SSSR count). The summed E-state index contributed by atoms with van der Waals surface area (Å²) in [5, 5.41) is 1.16. The van der Waals surface area contributed by atoms with Crippen molar-refractivity contribution in [2.75, 3.05) is 70.3 Å². The van der Waals surface area contributed by atoms with Gasteiger partial charge in [0.1, 0.15) is 11.0 Å². The van der Waals surface area contributed by atoms with Crippen LogP contribution >= 0.6 is 23.4 Å². The SMILES string of the molecule is CCN1CCN(C(=O)c2ccc(CSc3nc(Cl)cc(N4CCN(CC)CC4)n3)cc2)CC1. The maximum Gasteiger partial charge on any atom is 0.253 e. The Bertz CT molecular complexity index is 927. The fraction of sp³-hybridized carbons (Fsp3) is 0.542. The Kier molecular flexibility index (Phi) is 8.46. The van der Waals surface area contributed by atoms with Gasteiger partial charge in [-0.3, -0.25) is 4.79 Å². The number of thioether (sulfide) groups is 1. The molecule has 0 unspecified atom stereocenters. The predicted octanol–water partition coefficient (Wildman–Crippen LogP) is 3.34. The van der Waals surface area contributed by atoms with Crippen LogP contribution in [0.5, 0.6) is 0 Å². The molecule has 1 aromatic carbocycles. The highest BCUT2D eigenvalue weighted by Crippen LogP contribution is 2.25. The molecule has 0 spiro atoms. The van der Waals surface area contributed by atoms with Gasteiger partial charge in [0.05, 0.1) is 0 Å². The van der Waals surface area contributed by atoms with Crippen molar-refractivity contribution in [3.8, 4) is 0 Å². The Morgan fingerprint density at radius 1 is 0.909 bits per heavy atom. The molecule has 2 aromatic rings. The van der Waals surface area contributed by atoms with Crippen LogP contribution in [0.25, 0.3) is 0 Å². The van der Waals surface area contributed by atoms with E-state index < -0.39 is 0 Å². The van der Waals surface area contributed by atoms with Gasteiger partial charge in [0, 0.05) is 69.7 Å². The number of hydrogen-bond acceptors (Lipinski definition) is 7. The Hall–Kier alpha value is -1.87. The van der Waals surface area contributed by atoms with Crippen LogP contribution in [0.1, 0.15) is 29.8 Å². The summed E-state index contributed by atoms with van der Waals surface area (Å²) in [6, 6.07) is 9.77. The number of anilines is 1. The average Bonchev–Trinajstić information content (AvgIpc) is 2.87. The van der Waals surface area contributed by atoms with E-state index in [0.717, 1.165) is 88.1 Å². The number of nitrogens with zero attached hydrogens (tertiary/aromatic N) is 6. The van der Waals surface area contributed by atoms with Gasteiger partial charge in [-0.15, -0.1) is 0 Å². The quantitative estimate of drug-likeness (QED) is 0.336. The first-order valence-electron chi connectivity index (χ1n) is 11.8. The first kappa shape index (κ1) is 24.3. The molecule has 0 radical (unpaired) electrons. The number of rotatable bonds is 7. The van der Waals surface area contributed by atoms with Gasteiger partial charge in [-0.05, 0) is 30.8 Å². The molecule has 33 heavy (non-hydrogen) atoms. The number of piperazine rings is 2. The standard InChI is InChI=1S/C24H33ClN6OS/c1-3-28-9-13-30(14-10-28)22-17-21(25)26-24(27-22)33-18-19-5-7-20(8-6-19)23(32)31-15-11-29(4-2)12-16-31/h5-8,17H,3-4,9-16,18H2,1-2H3. The van der Waals surface area contributed by atoms with Gasteiger partial charge in [0.25, 0.3) is 5.91 Å². The third kappa shape index (κ3) is 6.38. The molecule has 2 aliphatic heterocycles. The highest BCUT2D eigenvalue weighted by molar-refractivity contribution is 7.98. The number of halogens is 1. The van der Waals surface area contributed by atoms with Crippen LogP contribution in [0.3, 0.4) is 0 Å². The summed E-state index contributed by atoms with van der Waals surface area (Å²) in [4.78, 5) is 31.0. The minimum absolute atomic E-state index is 0.121. The maximum absolute atomic E-state index is 12.8. The van der Waals surface area contributed by atoms with Crippen LogP contribution in [-0.4, -0.2) is 96.0 Å². The fourth-order valence-corrected chi connectivity index (χ4v) is 5.28. The van der Waals surface area contributed by atoms with Crippen molar-refractivity contribution in [1.29, 1.82) is 0 Å². The van der Waals surface area contributed by atoms with Crippen molar-refractivity contribution in [3.05, 3.63) is 46.6 Å². The minimum Gasteiger partial charge on any atom is -0.354 e. The summed E-state index contributed by atoms with van der Waals surface area (Å²) in [7, 11) is 0. The van der Waals surface area contributed by atoms with Gasteiger partial charge in [0.2, 0.25) is 0 Å². The number of amides is 1. The van der Waals surface area contributed by atoms with E-state index in [9.17, 15) is 4.79 Å². The number of likely N-dealkylation sites (N-methyl/N-ethyl adjacent to an activating group) is 2. The second-order valence-corrected chi connectivity index (χ2v) is 9.79. The highest BCUT2D eigenvalue weighted by atomic mass is 35.5. The molecular formula is C24H33ClN6OS. The van der Waals surface area contributed by atoms with Gasteiger partial charge in [-0.2, -0.15) is 0 Å². The number of hydrogen-bond donors (Lipinski definition) is 0. The van der Waals surface area contributed by atoms with Crippen molar-refractivity contribution in [2.24, 2.45) is 0 Å². The van der Waals surface area contributed by atoms with Gasteiger partial charge < -0.3 is 19.6 Å². The van der Waals surface area contributed by atoms with Crippen LogP contribution in [0, 0.1) is 0 Å². The summed E-state index contributed by atoms with van der Waals surface area (Å²) >= 11 is 7.88. The maximum atomic E-state index is 12.8. The van der Waals surface area contributed by atoms with E-state index in [0.29, 0.717) is 10.3 Å². The smallest absolute Gasteiger partial charge is 0.253 e. The molecule has 9 heteroatoms. The first-order valence-corrected chi connectivity index (χ1v) is 13.2. The van der Waals surface area contributed by atoms with Crippen molar-refractivity contribution in [3.63, 3.8) is 0 Å². The lowest BCUT2D eigenvalue weighted by Crippen LogP contribution is -2.48. The number of carbonyl (C=O) groups is 1. The molecule has 1 amide bonds. The van der Waals surface area contributed by atoms with Crippen LogP contribution in [-0.2, 0) is 5.75 Å². The molecule has 3 heterocycles. The summed E-state index contributed by atoms with van der Waals surface area (Å²) in [5.74, 6) is 1.75. The lowest BCUT2D eigenvalue weighted by Gasteiger charge is -2.34. The van der Waals surface area contributed by atoms with E-state index in [4.69, 9.17) is 16.6 Å². The summed E-state index contributed by atoms with van der Waals surface area (Å²) in [6.07, 6.45) is 0. The first-order chi connectivity index (χ1) is 16.1.